The van der Waals surface area contributed by atoms with Crippen LogP contribution in [0.5, 0.6) is 0 Å². The molecule has 1 aromatic rings. The summed E-state index contributed by atoms with van der Waals surface area (Å²) in [5, 5.41) is 10.3. The highest BCUT2D eigenvalue weighted by Crippen LogP contribution is 2.33. The molecule has 4 heteroatoms. The van der Waals surface area contributed by atoms with Crippen LogP contribution in [0.15, 0.2) is 27.1 Å². The molecule has 2 unspecified atom stereocenters. The molecule has 0 aliphatic heterocycles. The lowest BCUT2D eigenvalue weighted by molar-refractivity contribution is 0.0855. The molecule has 2 atom stereocenters. The first-order chi connectivity index (χ1) is 7.47. The van der Waals surface area contributed by atoms with Gasteiger partial charge in [-0.25, -0.2) is 0 Å². The highest BCUT2D eigenvalue weighted by atomic mass is 79.9. The SMILES string of the molecule is CC(C)C(CN)C(O)c1ccc(Br)cc1Br. The van der Waals surface area contributed by atoms with E-state index in [9.17, 15) is 5.11 Å². The molecule has 0 bridgehead atoms. The third-order valence-corrected chi connectivity index (χ3v) is 4.00. The van der Waals surface area contributed by atoms with E-state index in [4.69, 9.17) is 5.73 Å². The highest BCUT2D eigenvalue weighted by Gasteiger charge is 2.24. The molecule has 2 nitrogen and oxygen atoms in total. The van der Waals surface area contributed by atoms with Crippen molar-refractivity contribution in [2.45, 2.75) is 20.0 Å². The molecule has 90 valence electrons. The second-order valence-corrected chi connectivity index (χ2v) is 6.02. The van der Waals surface area contributed by atoms with Gasteiger partial charge in [-0.2, -0.15) is 0 Å². The Bertz CT molecular complexity index is 355. The van der Waals surface area contributed by atoms with Crippen molar-refractivity contribution in [2.24, 2.45) is 17.6 Å². The Balaban J connectivity index is 2.99. The number of aliphatic hydroxyl groups is 1. The number of benzene rings is 1. The van der Waals surface area contributed by atoms with Crippen molar-refractivity contribution in [1.82, 2.24) is 0 Å². The Labute approximate surface area is 113 Å². The van der Waals surface area contributed by atoms with Crippen LogP contribution in [0, 0.1) is 11.8 Å². The van der Waals surface area contributed by atoms with E-state index in [1.165, 1.54) is 0 Å². The third-order valence-electron chi connectivity index (χ3n) is 2.82. The average Bonchev–Trinajstić information content (AvgIpc) is 2.17. The summed E-state index contributed by atoms with van der Waals surface area (Å²) in [5.41, 5.74) is 6.60. The number of nitrogens with two attached hydrogens (primary N) is 1. The van der Waals surface area contributed by atoms with Gasteiger partial charge in [-0.05, 0) is 30.2 Å². The minimum Gasteiger partial charge on any atom is -0.388 e. The van der Waals surface area contributed by atoms with Gasteiger partial charge in [-0.1, -0.05) is 51.8 Å². The molecule has 0 fully saturated rings. The molecule has 0 saturated heterocycles. The molecule has 1 aromatic carbocycles. The molecule has 0 radical (unpaired) electrons. The minimum atomic E-state index is -0.521. The van der Waals surface area contributed by atoms with Gasteiger partial charge >= 0.3 is 0 Å². The van der Waals surface area contributed by atoms with Crippen molar-refractivity contribution in [3.8, 4) is 0 Å². The van der Waals surface area contributed by atoms with Crippen LogP contribution in [0.1, 0.15) is 25.5 Å². The summed E-state index contributed by atoms with van der Waals surface area (Å²) in [6, 6.07) is 5.79. The van der Waals surface area contributed by atoms with E-state index < -0.39 is 6.10 Å². The number of hydrogen-bond acceptors (Lipinski definition) is 2. The zero-order valence-electron chi connectivity index (χ0n) is 9.45. The van der Waals surface area contributed by atoms with E-state index in [0.29, 0.717) is 12.5 Å². The van der Waals surface area contributed by atoms with Crippen LogP contribution in [-0.2, 0) is 0 Å². The molecule has 0 saturated carbocycles. The van der Waals surface area contributed by atoms with Gasteiger partial charge in [0.25, 0.3) is 0 Å². The van der Waals surface area contributed by atoms with Crippen molar-refractivity contribution in [1.29, 1.82) is 0 Å². The fourth-order valence-corrected chi connectivity index (χ4v) is 3.02. The van der Waals surface area contributed by atoms with Gasteiger partial charge in [-0.15, -0.1) is 0 Å². The van der Waals surface area contributed by atoms with Crippen molar-refractivity contribution < 1.29 is 5.11 Å². The molecule has 1 rings (SSSR count). The molecule has 16 heavy (non-hydrogen) atoms. The number of rotatable bonds is 4. The van der Waals surface area contributed by atoms with Gasteiger partial charge in [-0.3, -0.25) is 0 Å². The Morgan fingerprint density at radius 2 is 1.94 bits per heavy atom. The lowest BCUT2D eigenvalue weighted by atomic mass is 9.87. The fourth-order valence-electron chi connectivity index (χ4n) is 1.74. The minimum absolute atomic E-state index is 0.0810. The molecule has 3 N–H and O–H groups in total. The summed E-state index contributed by atoms with van der Waals surface area (Å²) in [4.78, 5) is 0. The van der Waals surface area contributed by atoms with E-state index in [2.05, 4.69) is 45.7 Å². The first-order valence-electron chi connectivity index (χ1n) is 5.30. The smallest absolute Gasteiger partial charge is 0.0843 e. The maximum atomic E-state index is 10.3. The van der Waals surface area contributed by atoms with Gasteiger partial charge < -0.3 is 10.8 Å². The van der Waals surface area contributed by atoms with Crippen LogP contribution >= 0.6 is 31.9 Å². The van der Waals surface area contributed by atoms with Gasteiger partial charge in [0, 0.05) is 14.9 Å². The van der Waals surface area contributed by atoms with Gasteiger partial charge in [0.2, 0.25) is 0 Å². The van der Waals surface area contributed by atoms with E-state index in [-0.39, 0.29) is 5.92 Å². The number of hydrogen-bond donors (Lipinski definition) is 2. The molecule has 0 aromatic heterocycles. The molecular weight excluding hydrogens is 334 g/mol. The summed E-state index contributed by atoms with van der Waals surface area (Å²) in [6.07, 6.45) is -0.521. The largest absolute Gasteiger partial charge is 0.388 e. The molecule has 0 aliphatic rings. The fraction of sp³-hybridized carbons (Fsp3) is 0.500. The van der Waals surface area contributed by atoms with Gasteiger partial charge in [0.15, 0.2) is 0 Å². The van der Waals surface area contributed by atoms with Gasteiger partial charge in [0.05, 0.1) is 6.10 Å². The second-order valence-electron chi connectivity index (χ2n) is 4.25. The van der Waals surface area contributed by atoms with Crippen LogP contribution in [0.2, 0.25) is 0 Å². The van der Waals surface area contributed by atoms with Crippen molar-refractivity contribution in [3.05, 3.63) is 32.7 Å². The normalized spacial score (nSPS) is 15.2. The third kappa shape index (κ3) is 3.29. The standard InChI is InChI=1S/C12H17Br2NO/c1-7(2)10(6-15)12(16)9-4-3-8(13)5-11(9)14/h3-5,7,10,12,16H,6,15H2,1-2H3. The van der Waals surface area contributed by atoms with Gasteiger partial charge in [0.1, 0.15) is 0 Å². The molecule has 0 amide bonds. The van der Waals surface area contributed by atoms with Crippen LogP contribution in [0.4, 0.5) is 0 Å². The summed E-state index contributed by atoms with van der Waals surface area (Å²) in [7, 11) is 0. The van der Waals surface area contributed by atoms with Crippen molar-refractivity contribution >= 4 is 31.9 Å². The topological polar surface area (TPSA) is 46.2 Å². The Hall–Kier alpha value is 0.1000. The quantitative estimate of drug-likeness (QED) is 0.873. The lowest BCUT2D eigenvalue weighted by Crippen LogP contribution is -2.26. The molecule has 0 spiro atoms. The van der Waals surface area contributed by atoms with E-state index >= 15 is 0 Å². The molecule has 0 aliphatic carbocycles. The Morgan fingerprint density at radius 1 is 1.31 bits per heavy atom. The summed E-state index contributed by atoms with van der Waals surface area (Å²) in [6.45, 7) is 4.64. The monoisotopic (exact) mass is 349 g/mol. The van der Waals surface area contributed by atoms with Crippen LogP contribution in [0.25, 0.3) is 0 Å². The second kappa shape index (κ2) is 6.15. The van der Waals surface area contributed by atoms with E-state index in [0.717, 1.165) is 14.5 Å². The summed E-state index contributed by atoms with van der Waals surface area (Å²) >= 11 is 6.86. The number of halogens is 2. The number of aliphatic hydroxyl groups excluding tert-OH is 1. The van der Waals surface area contributed by atoms with Crippen LogP contribution in [-0.4, -0.2) is 11.7 Å². The highest BCUT2D eigenvalue weighted by molar-refractivity contribution is 9.11. The van der Waals surface area contributed by atoms with E-state index in [1.807, 2.05) is 18.2 Å². The predicted molar refractivity (Wildman–Crippen MR) is 74.2 cm³/mol. The maximum Gasteiger partial charge on any atom is 0.0843 e. The Kier molecular flexibility index (Phi) is 5.44. The van der Waals surface area contributed by atoms with E-state index in [1.54, 1.807) is 0 Å². The van der Waals surface area contributed by atoms with Crippen molar-refractivity contribution in [3.63, 3.8) is 0 Å². The zero-order valence-corrected chi connectivity index (χ0v) is 12.6. The molecule has 0 heterocycles. The van der Waals surface area contributed by atoms with Crippen LogP contribution in [0.3, 0.4) is 0 Å². The predicted octanol–water partition coefficient (Wildman–Crippen LogP) is 3.48. The zero-order chi connectivity index (χ0) is 12.3. The first-order valence-corrected chi connectivity index (χ1v) is 6.89. The molecular formula is C12H17Br2NO. The Morgan fingerprint density at radius 3 is 2.38 bits per heavy atom. The summed E-state index contributed by atoms with van der Waals surface area (Å²) in [5.74, 6) is 0.438. The maximum absolute atomic E-state index is 10.3. The summed E-state index contributed by atoms with van der Waals surface area (Å²) < 4.78 is 1.90. The lowest BCUT2D eigenvalue weighted by Gasteiger charge is -2.26. The first kappa shape index (κ1) is 14.2. The van der Waals surface area contributed by atoms with Crippen molar-refractivity contribution in [2.75, 3.05) is 6.54 Å². The van der Waals surface area contributed by atoms with Crippen LogP contribution < -0.4 is 5.73 Å². The average molecular weight is 351 g/mol.